The Morgan fingerprint density at radius 3 is 2.76 bits per heavy atom. The molecule has 2 aromatic rings. The number of benzene rings is 2. The minimum Gasteiger partial charge on any atom is -0.372 e. The number of hydrogen-bond donors (Lipinski definition) is 0. The largest absolute Gasteiger partial charge is 0.372 e. The minimum absolute atomic E-state index is 0.167. The predicted molar refractivity (Wildman–Crippen MR) is 93.9 cm³/mol. The van der Waals surface area contributed by atoms with E-state index in [4.69, 9.17) is 4.74 Å². The van der Waals surface area contributed by atoms with Crippen molar-refractivity contribution in [1.82, 2.24) is 4.90 Å². The lowest BCUT2D eigenvalue weighted by Crippen LogP contribution is -2.47. The molecule has 0 aliphatic carbocycles. The third kappa shape index (κ3) is 1.70. The predicted octanol–water partition coefficient (Wildman–Crippen LogP) is 3.03. The molecule has 4 heterocycles. The molecule has 0 N–H and O–H groups in total. The molecule has 124 valence electrons. The van der Waals surface area contributed by atoms with Crippen LogP contribution in [0.5, 0.6) is 0 Å². The Labute approximate surface area is 146 Å². The molecule has 1 amide bonds. The van der Waals surface area contributed by atoms with E-state index in [1.54, 1.807) is 0 Å². The quantitative estimate of drug-likeness (QED) is 0.745. The molecule has 4 aliphatic rings. The molecule has 0 radical (unpaired) electrons. The number of amides is 1. The highest BCUT2D eigenvalue weighted by Crippen LogP contribution is 2.50. The van der Waals surface area contributed by atoms with Crippen molar-refractivity contribution in [3.05, 3.63) is 64.2 Å². The van der Waals surface area contributed by atoms with Crippen molar-refractivity contribution in [3.8, 4) is 0 Å². The Morgan fingerprint density at radius 2 is 1.88 bits per heavy atom. The summed E-state index contributed by atoms with van der Waals surface area (Å²) in [6.45, 7) is 2.12. The summed E-state index contributed by atoms with van der Waals surface area (Å²) in [5, 5.41) is 0. The first-order chi connectivity index (χ1) is 12.2. The van der Waals surface area contributed by atoms with Gasteiger partial charge in [0.2, 0.25) is 5.91 Å². The van der Waals surface area contributed by atoms with Gasteiger partial charge in [-0.25, -0.2) is 0 Å². The first kappa shape index (κ1) is 13.8. The molecule has 0 aromatic heterocycles. The Kier molecular flexibility index (Phi) is 2.53. The van der Waals surface area contributed by atoms with Gasteiger partial charge in [0.1, 0.15) is 0 Å². The molecule has 2 aromatic carbocycles. The molecule has 0 bridgehead atoms. The van der Waals surface area contributed by atoms with Crippen LogP contribution in [-0.4, -0.2) is 23.1 Å². The van der Waals surface area contributed by atoms with E-state index in [2.05, 4.69) is 40.2 Å². The normalized spacial score (nSPS) is 28.2. The zero-order valence-electron chi connectivity index (χ0n) is 13.9. The van der Waals surface area contributed by atoms with Gasteiger partial charge in [0.25, 0.3) is 0 Å². The van der Waals surface area contributed by atoms with Gasteiger partial charge in [0.15, 0.2) is 0 Å². The Balaban J connectivity index is 1.48. The SMILES string of the molecule is O=C1C[C@@]2(C=Nc3ccccc32)[C@@H]2Cc3cc4c(cc3CN12)COC4. The summed E-state index contributed by atoms with van der Waals surface area (Å²) in [4.78, 5) is 19.6. The second-order valence-corrected chi connectivity index (χ2v) is 7.62. The Hall–Kier alpha value is -2.46. The summed E-state index contributed by atoms with van der Waals surface area (Å²) >= 11 is 0. The van der Waals surface area contributed by atoms with Crippen LogP contribution in [0, 0.1) is 0 Å². The molecule has 0 unspecified atom stereocenters. The third-order valence-electron chi connectivity index (χ3n) is 6.37. The maximum Gasteiger partial charge on any atom is 0.224 e. The fourth-order valence-corrected chi connectivity index (χ4v) is 5.11. The van der Waals surface area contributed by atoms with E-state index in [1.165, 1.54) is 27.8 Å². The van der Waals surface area contributed by atoms with E-state index in [9.17, 15) is 4.79 Å². The van der Waals surface area contributed by atoms with Crippen LogP contribution in [0.1, 0.15) is 34.2 Å². The van der Waals surface area contributed by atoms with Crippen LogP contribution in [0.4, 0.5) is 5.69 Å². The topological polar surface area (TPSA) is 41.9 Å². The molecule has 4 heteroatoms. The van der Waals surface area contributed by atoms with Crippen molar-refractivity contribution in [3.63, 3.8) is 0 Å². The molecular formula is C21H18N2O2. The van der Waals surface area contributed by atoms with Gasteiger partial charge in [-0.05, 0) is 40.3 Å². The number of rotatable bonds is 0. The zero-order chi connectivity index (χ0) is 16.6. The minimum atomic E-state index is -0.263. The number of nitrogens with zero attached hydrogens (tertiary/aromatic N) is 2. The van der Waals surface area contributed by atoms with E-state index < -0.39 is 0 Å². The second-order valence-electron chi connectivity index (χ2n) is 7.62. The van der Waals surface area contributed by atoms with Gasteiger partial charge < -0.3 is 9.64 Å². The highest BCUT2D eigenvalue weighted by atomic mass is 16.5. The molecule has 2 atom stereocenters. The summed E-state index contributed by atoms with van der Waals surface area (Å²) in [5.41, 5.74) is 7.22. The smallest absolute Gasteiger partial charge is 0.224 e. The molecule has 6 rings (SSSR count). The number of fused-ring (bicyclic) bond motifs is 6. The number of hydrogen-bond acceptors (Lipinski definition) is 3. The standard InChI is InChI=1S/C21H18N2O2/c24-20-8-21(12-22-18-4-2-1-3-17(18)21)19-7-13-5-15-10-25-11-16(15)6-14(13)9-23(19)20/h1-6,12,19H,7-11H2/t19-,21-/m0/s1. The van der Waals surface area contributed by atoms with Crippen LogP contribution in [0.3, 0.4) is 0 Å². The van der Waals surface area contributed by atoms with Gasteiger partial charge in [0.05, 0.1) is 30.4 Å². The molecule has 25 heavy (non-hydrogen) atoms. The molecule has 4 aliphatic heterocycles. The molecule has 1 fully saturated rings. The summed E-state index contributed by atoms with van der Waals surface area (Å²) in [6, 6.07) is 13.0. The van der Waals surface area contributed by atoms with Crippen LogP contribution in [0.15, 0.2) is 41.4 Å². The van der Waals surface area contributed by atoms with Gasteiger partial charge in [-0.15, -0.1) is 0 Å². The first-order valence-corrected chi connectivity index (χ1v) is 8.90. The zero-order valence-corrected chi connectivity index (χ0v) is 13.9. The van der Waals surface area contributed by atoms with Crippen LogP contribution in [0.2, 0.25) is 0 Å². The maximum atomic E-state index is 12.9. The summed E-state index contributed by atoms with van der Waals surface area (Å²) in [7, 11) is 0. The van der Waals surface area contributed by atoms with E-state index >= 15 is 0 Å². The van der Waals surface area contributed by atoms with Crippen LogP contribution < -0.4 is 0 Å². The molecule has 4 nitrogen and oxygen atoms in total. The average Bonchev–Trinajstić information content (AvgIpc) is 3.30. The number of ether oxygens (including phenoxy) is 1. The van der Waals surface area contributed by atoms with Gasteiger partial charge in [-0.3, -0.25) is 9.79 Å². The van der Waals surface area contributed by atoms with Gasteiger partial charge in [-0.1, -0.05) is 30.3 Å². The Morgan fingerprint density at radius 1 is 1.08 bits per heavy atom. The van der Waals surface area contributed by atoms with E-state index in [0.29, 0.717) is 26.2 Å². The lowest BCUT2D eigenvalue weighted by molar-refractivity contribution is -0.129. The van der Waals surface area contributed by atoms with E-state index in [-0.39, 0.29) is 17.4 Å². The molecule has 1 spiro atoms. The van der Waals surface area contributed by atoms with Crippen molar-refractivity contribution < 1.29 is 9.53 Å². The van der Waals surface area contributed by atoms with Gasteiger partial charge in [-0.2, -0.15) is 0 Å². The third-order valence-corrected chi connectivity index (χ3v) is 6.37. The van der Waals surface area contributed by atoms with Crippen molar-refractivity contribution in [2.45, 2.75) is 44.1 Å². The van der Waals surface area contributed by atoms with E-state index in [0.717, 1.165) is 12.1 Å². The molecule has 1 saturated heterocycles. The van der Waals surface area contributed by atoms with Gasteiger partial charge >= 0.3 is 0 Å². The fraction of sp³-hybridized carbons (Fsp3) is 0.333. The first-order valence-electron chi connectivity index (χ1n) is 8.90. The monoisotopic (exact) mass is 330 g/mol. The number of carbonyl (C=O) groups excluding carboxylic acids is 1. The van der Waals surface area contributed by atoms with Crippen LogP contribution in [0.25, 0.3) is 0 Å². The Bertz CT molecular complexity index is 964. The average molecular weight is 330 g/mol. The number of aliphatic imine (C=N–C) groups is 1. The van der Waals surface area contributed by atoms with Crippen LogP contribution in [-0.2, 0) is 41.1 Å². The van der Waals surface area contributed by atoms with Crippen molar-refractivity contribution in [1.29, 1.82) is 0 Å². The molecular weight excluding hydrogens is 312 g/mol. The summed E-state index contributed by atoms with van der Waals surface area (Å²) < 4.78 is 5.59. The van der Waals surface area contributed by atoms with Gasteiger partial charge in [0, 0.05) is 19.2 Å². The van der Waals surface area contributed by atoms with Crippen molar-refractivity contribution in [2.24, 2.45) is 4.99 Å². The maximum absolute atomic E-state index is 12.9. The highest BCUT2D eigenvalue weighted by Gasteiger charge is 2.55. The van der Waals surface area contributed by atoms with Crippen molar-refractivity contribution >= 4 is 17.8 Å². The lowest BCUT2D eigenvalue weighted by Gasteiger charge is -2.38. The fourth-order valence-electron chi connectivity index (χ4n) is 5.11. The summed E-state index contributed by atoms with van der Waals surface area (Å²) in [5.74, 6) is 0.246. The second kappa shape index (κ2) is 4.58. The highest BCUT2D eigenvalue weighted by molar-refractivity contribution is 5.96. The number of carbonyl (C=O) groups is 1. The van der Waals surface area contributed by atoms with E-state index in [1.807, 2.05) is 12.3 Å². The lowest BCUT2D eigenvalue weighted by atomic mass is 9.72. The van der Waals surface area contributed by atoms with Crippen molar-refractivity contribution in [2.75, 3.05) is 0 Å². The van der Waals surface area contributed by atoms with Crippen LogP contribution >= 0.6 is 0 Å². The number of para-hydroxylation sites is 1. The summed E-state index contributed by atoms with van der Waals surface area (Å²) in [6.07, 6.45) is 3.48. The molecule has 0 saturated carbocycles.